The molecular formula is C32H20N2O7. The second kappa shape index (κ2) is 12.0. The highest BCUT2D eigenvalue weighted by atomic mass is 16.5. The smallest absolute Gasteiger partial charge is 0.336 e. The highest BCUT2D eigenvalue weighted by Gasteiger charge is 2.18. The van der Waals surface area contributed by atoms with Crippen molar-refractivity contribution in [2.24, 2.45) is 0 Å². The summed E-state index contributed by atoms with van der Waals surface area (Å²) in [4.78, 5) is 48.4. The van der Waals surface area contributed by atoms with Crippen molar-refractivity contribution in [2.45, 2.75) is 0 Å². The fourth-order valence-electron chi connectivity index (χ4n) is 3.76. The van der Waals surface area contributed by atoms with Gasteiger partial charge in [-0.05, 0) is 84.9 Å². The Bertz CT molecular complexity index is 1760. The van der Waals surface area contributed by atoms with Crippen LogP contribution >= 0.6 is 0 Å². The van der Waals surface area contributed by atoms with Crippen LogP contribution in [0.15, 0.2) is 84.9 Å². The first-order chi connectivity index (χ1) is 19.7. The average molecular weight is 545 g/mol. The number of amides is 2. The lowest BCUT2D eigenvalue weighted by Gasteiger charge is -2.11. The van der Waals surface area contributed by atoms with Crippen LogP contribution in [0.2, 0.25) is 0 Å². The lowest BCUT2D eigenvalue weighted by atomic mass is 10.0. The molecule has 4 N–H and O–H groups in total. The summed E-state index contributed by atoms with van der Waals surface area (Å²) in [6, 6.07) is 20.9. The minimum Gasteiger partial charge on any atom is -0.478 e. The maximum absolute atomic E-state index is 12.7. The van der Waals surface area contributed by atoms with E-state index in [-0.39, 0.29) is 22.3 Å². The number of hydrogen-bond acceptors (Lipinski definition) is 5. The van der Waals surface area contributed by atoms with E-state index in [0.29, 0.717) is 34.0 Å². The van der Waals surface area contributed by atoms with E-state index in [1.54, 1.807) is 48.5 Å². The number of benzene rings is 4. The van der Waals surface area contributed by atoms with Crippen LogP contribution in [0.25, 0.3) is 0 Å². The number of ether oxygens (including phenoxy) is 1. The fraction of sp³-hybridized carbons (Fsp3) is 0. The molecular weight excluding hydrogens is 524 g/mol. The molecule has 0 saturated carbocycles. The Labute approximate surface area is 234 Å². The van der Waals surface area contributed by atoms with Gasteiger partial charge in [-0.15, -0.1) is 12.8 Å². The molecule has 41 heavy (non-hydrogen) atoms. The maximum atomic E-state index is 12.7. The lowest BCUT2D eigenvalue weighted by molar-refractivity contribution is 0.0683. The molecule has 0 aliphatic rings. The molecule has 9 nitrogen and oxygen atoms in total. The number of carbonyl (C=O) groups is 4. The van der Waals surface area contributed by atoms with Gasteiger partial charge < -0.3 is 25.6 Å². The molecule has 4 rings (SSSR count). The SMILES string of the molecule is C#Cc1ccc(C(=O)Nc2ccc(Oc3ccc(NC(=O)c4cc(C#C)ccc4C(=O)O)cc3)cc2)c(C(=O)O)c1. The van der Waals surface area contributed by atoms with E-state index in [2.05, 4.69) is 22.5 Å². The van der Waals surface area contributed by atoms with Crippen molar-refractivity contribution in [3.05, 3.63) is 118 Å². The molecule has 0 unspecified atom stereocenters. The Kier molecular flexibility index (Phi) is 8.13. The first-order valence-corrected chi connectivity index (χ1v) is 11.9. The first kappa shape index (κ1) is 27.7. The van der Waals surface area contributed by atoms with E-state index in [4.69, 9.17) is 17.6 Å². The summed E-state index contributed by atoms with van der Waals surface area (Å²) in [5, 5.41) is 24.1. The number of terminal acetylenes is 2. The van der Waals surface area contributed by atoms with Gasteiger partial charge >= 0.3 is 11.9 Å². The summed E-state index contributed by atoms with van der Waals surface area (Å²) in [6.45, 7) is 0. The van der Waals surface area contributed by atoms with E-state index < -0.39 is 23.8 Å². The molecule has 0 aliphatic carbocycles. The van der Waals surface area contributed by atoms with Crippen molar-refractivity contribution in [3.8, 4) is 36.2 Å². The third-order valence-corrected chi connectivity index (χ3v) is 5.78. The van der Waals surface area contributed by atoms with Gasteiger partial charge in [0.05, 0.1) is 22.3 Å². The van der Waals surface area contributed by atoms with Gasteiger partial charge in [-0.3, -0.25) is 9.59 Å². The van der Waals surface area contributed by atoms with Gasteiger partial charge in [0.15, 0.2) is 0 Å². The van der Waals surface area contributed by atoms with Crippen molar-refractivity contribution < 1.29 is 34.1 Å². The van der Waals surface area contributed by atoms with Crippen LogP contribution in [0.1, 0.15) is 52.6 Å². The van der Waals surface area contributed by atoms with Gasteiger partial charge in [-0.1, -0.05) is 11.8 Å². The molecule has 4 aromatic rings. The topological polar surface area (TPSA) is 142 Å². The van der Waals surface area contributed by atoms with E-state index in [0.717, 1.165) is 0 Å². The molecule has 0 aliphatic heterocycles. The van der Waals surface area contributed by atoms with Crippen molar-refractivity contribution in [1.82, 2.24) is 0 Å². The van der Waals surface area contributed by atoms with Crippen molar-refractivity contribution in [1.29, 1.82) is 0 Å². The number of carboxylic acids is 2. The quantitative estimate of drug-likeness (QED) is 0.219. The number of carbonyl (C=O) groups excluding carboxylic acids is 2. The maximum Gasteiger partial charge on any atom is 0.336 e. The predicted molar refractivity (Wildman–Crippen MR) is 152 cm³/mol. The summed E-state index contributed by atoms with van der Waals surface area (Å²) in [5.41, 5.74) is 1.05. The zero-order valence-electron chi connectivity index (χ0n) is 21.2. The minimum absolute atomic E-state index is 0.0352. The van der Waals surface area contributed by atoms with Crippen LogP contribution in [0.5, 0.6) is 11.5 Å². The summed E-state index contributed by atoms with van der Waals surface area (Å²) in [5.74, 6) is 1.84. The Morgan fingerprint density at radius 3 is 1.41 bits per heavy atom. The third-order valence-electron chi connectivity index (χ3n) is 5.78. The number of anilines is 2. The molecule has 0 bridgehead atoms. The van der Waals surface area contributed by atoms with Gasteiger partial charge in [0.25, 0.3) is 11.8 Å². The Balaban J connectivity index is 1.40. The molecule has 9 heteroatoms. The van der Waals surface area contributed by atoms with E-state index in [9.17, 15) is 29.4 Å². The number of carboxylic acid groups (broad SMARTS) is 2. The van der Waals surface area contributed by atoms with Gasteiger partial charge in [-0.25, -0.2) is 9.59 Å². The highest BCUT2D eigenvalue weighted by molar-refractivity contribution is 6.11. The monoisotopic (exact) mass is 544 g/mol. The molecule has 0 spiro atoms. The Morgan fingerprint density at radius 2 is 0.976 bits per heavy atom. The van der Waals surface area contributed by atoms with E-state index in [1.807, 2.05) is 0 Å². The first-order valence-electron chi connectivity index (χ1n) is 11.9. The van der Waals surface area contributed by atoms with Crippen molar-refractivity contribution >= 4 is 35.1 Å². The van der Waals surface area contributed by atoms with Crippen LogP contribution in [-0.2, 0) is 0 Å². The average Bonchev–Trinajstić information content (AvgIpc) is 2.98. The van der Waals surface area contributed by atoms with Gasteiger partial charge in [-0.2, -0.15) is 0 Å². The molecule has 0 aromatic heterocycles. The van der Waals surface area contributed by atoms with Crippen molar-refractivity contribution in [3.63, 3.8) is 0 Å². The largest absolute Gasteiger partial charge is 0.478 e. The minimum atomic E-state index is -1.27. The highest BCUT2D eigenvalue weighted by Crippen LogP contribution is 2.25. The van der Waals surface area contributed by atoms with Crippen LogP contribution in [0, 0.1) is 24.7 Å². The molecule has 0 radical (unpaired) electrons. The van der Waals surface area contributed by atoms with Crippen LogP contribution in [-0.4, -0.2) is 34.0 Å². The molecule has 0 atom stereocenters. The summed E-state index contributed by atoms with van der Waals surface area (Å²) in [7, 11) is 0. The molecule has 4 aromatic carbocycles. The van der Waals surface area contributed by atoms with Crippen LogP contribution in [0.3, 0.4) is 0 Å². The summed E-state index contributed by atoms with van der Waals surface area (Å²) in [6.07, 6.45) is 10.7. The molecule has 0 heterocycles. The number of rotatable bonds is 8. The van der Waals surface area contributed by atoms with Crippen LogP contribution < -0.4 is 15.4 Å². The van der Waals surface area contributed by atoms with Gasteiger partial charge in [0.1, 0.15) is 11.5 Å². The number of aromatic carboxylic acids is 2. The van der Waals surface area contributed by atoms with Gasteiger partial charge in [0, 0.05) is 22.5 Å². The fourth-order valence-corrected chi connectivity index (χ4v) is 3.76. The van der Waals surface area contributed by atoms with Crippen molar-refractivity contribution in [2.75, 3.05) is 10.6 Å². The molecule has 200 valence electrons. The second-order valence-electron chi connectivity index (χ2n) is 8.48. The molecule has 2 amide bonds. The lowest BCUT2D eigenvalue weighted by Crippen LogP contribution is -2.16. The second-order valence-corrected chi connectivity index (χ2v) is 8.48. The van der Waals surface area contributed by atoms with E-state index >= 15 is 0 Å². The Hall–Kier alpha value is -6.32. The zero-order chi connectivity index (χ0) is 29.5. The predicted octanol–water partition coefficient (Wildman–Crippen LogP) is 5.34. The molecule has 0 fully saturated rings. The third kappa shape index (κ3) is 6.58. The number of nitrogens with one attached hydrogen (secondary N) is 2. The molecule has 0 saturated heterocycles. The van der Waals surface area contributed by atoms with E-state index in [1.165, 1.54) is 36.4 Å². The summed E-state index contributed by atoms with van der Waals surface area (Å²) >= 11 is 0. The normalized spacial score (nSPS) is 10.0. The number of hydrogen-bond donors (Lipinski definition) is 4. The summed E-state index contributed by atoms with van der Waals surface area (Å²) < 4.78 is 5.80. The zero-order valence-corrected chi connectivity index (χ0v) is 21.2. The van der Waals surface area contributed by atoms with Crippen LogP contribution in [0.4, 0.5) is 11.4 Å². The van der Waals surface area contributed by atoms with Gasteiger partial charge in [0.2, 0.25) is 0 Å². The Morgan fingerprint density at radius 1 is 0.561 bits per heavy atom. The standard InChI is InChI=1S/C32H20N2O7/c1-3-19-6-16-26(31(37)38)27(17-19)30(36)34-22-9-13-24(14-10-22)41-23-11-7-21(8-12-23)33-29(35)25-15-5-20(4-2)18-28(25)32(39)40/h1-2,5-18H,(H,33,35)(H,34,36)(H,37,38)(H,39,40).